The molecule has 0 fully saturated rings. The van der Waals surface area contributed by atoms with Crippen LogP contribution < -0.4 is 10.6 Å². The van der Waals surface area contributed by atoms with E-state index in [9.17, 15) is 9.59 Å². The highest BCUT2D eigenvalue weighted by Crippen LogP contribution is 2.24. The van der Waals surface area contributed by atoms with Crippen LogP contribution >= 0.6 is 11.5 Å². The molecule has 18 heavy (non-hydrogen) atoms. The molecular formula is C10H7N5O2S. The lowest BCUT2D eigenvalue weighted by Gasteiger charge is -2.03. The van der Waals surface area contributed by atoms with Gasteiger partial charge in [0.1, 0.15) is 0 Å². The van der Waals surface area contributed by atoms with Crippen LogP contribution in [0.5, 0.6) is 0 Å². The van der Waals surface area contributed by atoms with Crippen LogP contribution in [0.1, 0.15) is 15.9 Å². The number of hydrogen-bond donors (Lipinski definition) is 2. The van der Waals surface area contributed by atoms with Gasteiger partial charge in [0.2, 0.25) is 11.0 Å². The molecule has 7 nitrogen and oxygen atoms in total. The van der Waals surface area contributed by atoms with Gasteiger partial charge in [0.15, 0.2) is 0 Å². The molecule has 0 radical (unpaired) electrons. The zero-order chi connectivity index (χ0) is 12.5. The van der Waals surface area contributed by atoms with E-state index in [1.54, 1.807) is 18.2 Å². The van der Waals surface area contributed by atoms with Crippen LogP contribution in [0.3, 0.4) is 0 Å². The molecule has 0 aliphatic carbocycles. The average molecular weight is 261 g/mol. The fraction of sp³-hybridized carbons (Fsp3) is 0.100. The number of hydrogen-bond acceptors (Lipinski definition) is 6. The highest BCUT2D eigenvalue weighted by molar-refractivity contribution is 7.09. The Balaban J connectivity index is 1.83. The zero-order valence-electron chi connectivity index (χ0n) is 9.01. The van der Waals surface area contributed by atoms with Crippen molar-refractivity contribution in [3.63, 3.8) is 0 Å². The normalized spacial score (nSPS) is 13.0. The van der Waals surface area contributed by atoms with Crippen LogP contribution in [0.4, 0.5) is 10.8 Å². The Morgan fingerprint density at radius 3 is 3.11 bits per heavy atom. The van der Waals surface area contributed by atoms with Crippen molar-refractivity contribution in [2.24, 2.45) is 0 Å². The Morgan fingerprint density at radius 2 is 2.33 bits per heavy atom. The molecule has 0 bridgehead atoms. The Hall–Kier alpha value is -2.35. The summed E-state index contributed by atoms with van der Waals surface area (Å²) in [4.78, 5) is 23.1. The number of benzene rings is 1. The monoisotopic (exact) mass is 261 g/mol. The molecule has 0 spiro atoms. The summed E-state index contributed by atoms with van der Waals surface area (Å²) in [5.41, 5.74) is 2.03. The summed E-state index contributed by atoms with van der Waals surface area (Å²) < 4.78 is 3.55. The number of nitrogens with zero attached hydrogens (tertiary/aromatic N) is 3. The lowest BCUT2D eigenvalue weighted by atomic mass is 10.1. The molecule has 8 heteroatoms. The lowest BCUT2D eigenvalue weighted by Crippen LogP contribution is -2.12. The third-order valence-electron chi connectivity index (χ3n) is 2.52. The van der Waals surface area contributed by atoms with Crippen molar-refractivity contribution in [3.05, 3.63) is 29.3 Å². The molecule has 3 rings (SSSR count). The predicted molar refractivity (Wildman–Crippen MR) is 64.4 cm³/mol. The van der Waals surface area contributed by atoms with E-state index in [4.69, 9.17) is 0 Å². The maximum Gasteiger partial charge on any atom is 0.257 e. The Kier molecular flexibility index (Phi) is 2.49. The summed E-state index contributed by atoms with van der Waals surface area (Å²) in [6.45, 7) is 0. The second kappa shape index (κ2) is 4.15. The molecule has 2 heterocycles. The van der Waals surface area contributed by atoms with E-state index in [-0.39, 0.29) is 11.8 Å². The van der Waals surface area contributed by atoms with Crippen LogP contribution in [0.2, 0.25) is 0 Å². The number of rotatable bonds is 2. The van der Waals surface area contributed by atoms with Gasteiger partial charge < -0.3 is 5.32 Å². The molecular weight excluding hydrogens is 254 g/mol. The quantitative estimate of drug-likeness (QED) is 0.828. The topological polar surface area (TPSA) is 96.9 Å². The second-order valence-electron chi connectivity index (χ2n) is 3.72. The standard InChI is InChI=1S/C10H7N5O2S/c16-8-4-5-1-2-6(3-7(5)11-8)9(17)12-10-13-14-15-18-10/h1-3H,4H2,(H,11,16)(H,12,13,15,17). The maximum absolute atomic E-state index is 11.9. The number of amides is 2. The smallest absolute Gasteiger partial charge is 0.257 e. The average Bonchev–Trinajstić information content (AvgIpc) is 2.95. The minimum Gasteiger partial charge on any atom is -0.326 e. The first-order chi connectivity index (χ1) is 8.72. The van der Waals surface area contributed by atoms with Crippen molar-refractivity contribution in [2.75, 3.05) is 10.6 Å². The first kappa shape index (κ1) is 10.8. The molecule has 2 aromatic rings. The highest BCUT2D eigenvalue weighted by Gasteiger charge is 2.19. The van der Waals surface area contributed by atoms with Crippen LogP contribution in [0, 0.1) is 0 Å². The molecule has 2 amide bonds. The summed E-state index contributed by atoms with van der Waals surface area (Å²) in [5.74, 6) is -0.367. The van der Waals surface area contributed by atoms with Gasteiger partial charge in [-0.15, -0.1) is 0 Å². The van der Waals surface area contributed by atoms with Gasteiger partial charge in [-0.25, -0.2) is 0 Å². The SMILES string of the molecule is O=C1Cc2ccc(C(=O)Nc3nnns3)cc2N1. The van der Waals surface area contributed by atoms with E-state index in [2.05, 4.69) is 25.4 Å². The van der Waals surface area contributed by atoms with Gasteiger partial charge in [-0.05, 0) is 22.9 Å². The van der Waals surface area contributed by atoms with Crippen LogP contribution in [-0.2, 0) is 11.2 Å². The van der Waals surface area contributed by atoms with Gasteiger partial charge in [-0.1, -0.05) is 15.7 Å². The van der Waals surface area contributed by atoms with Crippen molar-refractivity contribution in [1.82, 2.24) is 14.8 Å². The lowest BCUT2D eigenvalue weighted by molar-refractivity contribution is -0.115. The Morgan fingerprint density at radius 1 is 1.44 bits per heavy atom. The third-order valence-corrected chi connectivity index (χ3v) is 3.03. The predicted octanol–water partition coefficient (Wildman–Crippen LogP) is 0.680. The Bertz CT molecular complexity index is 625. The van der Waals surface area contributed by atoms with Crippen molar-refractivity contribution < 1.29 is 9.59 Å². The minimum atomic E-state index is -0.308. The molecule has 1 aromatic heterocycles. The highest BCUT2D eigenvalue weighted by atomic mass is 32.1. The Labute approximate surface area is 105 Å². The van der Waals surface area contributed by atoms with Crippen molar-refractivity contribution >= 4 is 34.2 Å². The number of nitrogens with one attached hydrogen (secondary N) is 2. The fourth-order valence-electron chi connectivity index (χ4n) is 1.71. The van der Waals surface area contributed by atoms with Gasteiger partial charge in [-0.3, -0.25) is 14.9 Å². The number of fused-ring (bicyclic) bond motifs is 1. The maximum atomic E-state index is 11.9. The number of aromatic nitrogens is 3. The second-order valence-corrected chi connectivity index (χ2v) is 4.45. The van der Waals surface area contributed by atoms with E-state index in [0.717, 1.165) is 17.1 Å². The molecule has 1 aromatic carbocycles. The fourth-order valence-corrected chi connectivity index (χ4v) is 2.07. The van der Waals surface area contributed by atoms with Gasteiger partial charge in [0.05, 0.1) is 6.42 Å². The molecule has 0 saturated carbocycles. The van der Waals surface area contributed by atoms with Crippen molar-refractivity contribution in [3.8, 4) is 0 Å². The summed E-state index contributed by atoms with van der Waals surface area (Å²) in [7, 11) is 0. The zero-order valence-corrected chi connectivity index (χ0v) is 9.82. The molecule has 1 aliphatic rings. The van der Waals surface area contributed by atoms with Crippen molar-refractivity contribution in [2.45, 2.75) is 6.42 Å². The largest absolute Gasteiger partial charge is 0.326 e. The van der Waals surface area contributed by atoms with Crippen LogP contribution in [-0.4, -0.2) is 26.6 Å². The summed E-state index contributed by atoms with van der Waals surface area (Å²) >= 11 is 0.998. The van der Waals surface area contributed by atoms with E-state index < -0.39 is 0 Å². The third kappa shape index (κ3) is 1.93. The minimum absolute atomic E-state index is 0.0594. The molecule has 0 atom stereocenters. The van der Waals surface area contributed by atoms with E-state index >= 15 is 0 Å². The molecule has 0 unspecified atom stereocenters. The number of carbonyl (C=O) groups excluding carboxylic acids is 2. The van der Waals surface area contributed by atoms with E-state index in [0.29, 0.717) is 22.8 Å². The molecule has 1 aliphatic heterocycles. The van der Waals surface area contributed by atoms with E-state index in [1.807, 2.05) is 0 Å². The van der Waals surface area contributed by atoms with Gasteiger partial charge in [0, 0.05) is 22.8 Å². The molecule has 90 valence electrons. The van der Waals surface area contributed by atoms with Crippen molar-refractivity contribution in [1.29, 1.82) is 0 Å². The van der Waals surface area contributed by atoms with Gasteiger partial charge >= 0.3 is 0 Å². The summed E-state index contributed by atoms with van der Waals surface area (Å²) in [6, 6.07) is 5.08. The molecule has 0 saturated heterocycles. The van der Waals surface area contributed by atoms with Gasteiger partial charge in [-0.2, -0.15) is 0 Å². The number of anilines is 2. The first-order valence-corrected chi connectivity index (χ1v) is 5.89. The van der Waals surface area contributed by atoms with Crippen LogP contribution in [0.15, 0.2) is 18.2 Å². The first-order valence-electron chi connectivity index (χ1n) is 5.11. The van der Waals surface area contributed by atoms with Crippen LogP contribution in [0.25, 0.3) is 0 Å². The number of carbonyl (C=O) groups is 2. The van der Waals surface area contributed by atoms with Gasteiger partial charge in [0.25, 0.3) is 5.91 Å². The van der Waals surface area contributed by atoms with E-state index in [1.165, 1.54) is 0 Å². The summed E-state index contributed by atoms with van der Waals surface area (Å²) in [5, 5.41) is 12.6. The molecule has 2 N–H and O–H groups in total. The summed E-state index contributed by atoms with van der Waals surface area (Å²) in [6.07, 6.45) is 0.359.